The molecule has 0 spiro atoms. The molecule has 0 amide bonds. The van der Waals surface area contributed by atoms with Gasteiger partial charge in [-0.1, -0.05) is 0 Å². The topological polar surface area (TPSA) is 162 Å². The van der Waals surface area contributed by atoms with E-state index in [2.05, 4.69) is 4.98 Å². The van der Waals surface area contributed by atoms with E-state index in [1.807, 2.05) is 0 Å². The van der Waals surface area contributed by atoms with Crippen LogP contribution in [0.3, 0.4) is 0 Å². The first-order valence-corrected chi connectivity index (χ1v) is 7.24. The molecule has 0 saturated carbocycles. The van der Waals surface area contributed by atoms with Crippen LogP contribution in [0.2, 0.25) is 0 Å². The summed E-state index contributed by atoms with van der Waals surface area (Å²) in [6.07, 6.45) is -0.581. The number of ether oxygens (including phenoxy) is 1. The van der Waals surface area contributed by atoms with Crippen molar-refractivity contribution < 1.29 is 29.3 Å². The van der Waals surface area contributed by atoms with Gasteiger partial charge in [0.1, 0.15) is 12.3 Å². The van der Waals surface area contributed by atoms with Crippen molar-refractivity contribution in [2.24, 2.45) is 0 Å². The lowest BCUT2D eigenvalue weighted by atomic mass is 10.2. The van der Waals surface area contributed by atoms with Crippen molar-refractivity contribution in [1.29, 1.82) is 0 Å². The zero-order chi connectivity index (χ0) is 16.2. The Kier molecular flexibility index (Phi) is 6.46. The van der Waals surface area contributed by atoms with E-state index < -0.39 is 37.9 Å². The number of hydrogen-bond donors (Lipinski definition) is 5. The maximum atomic E-state index is 11.6. The number of rotatable bonds is 2. The van der Waals surface area contributed by atoms with Crippen LogP contribution in [-0.2, 0) is 9.30 Å². The van der Waals surface area contributed by atoms with Crippen LogP contribution in [0, 0.1) is 6.92 Å². The zero-order valence-electron chi connectivity index (χ0n) is 11.1. The number of nitrogens with zero attached hydrogens (tertiary/aromatic N) is 1. The average Bonchev–Trinajstić information content (AvgIpc) is 2.74. The van der Waals surface area contributed by atoms with Gasteiger partial charge >= 0.3 is 13.9 Å². The molecule has 120 valence electrons. The van der Waals surface area contributed by atoms with Crippen molar-refractivity contribution in [3.05, 3.63) is 32.6 Å². The van der Waals surface area contributed by atoms with Crippen LogP contribution in [0.15, 0.2) is 15.8 Å². The summed E-state index contributed by atoms with van der Waals surface area (Å²) in [5.41, 5.74) is -0.643. The van der Waals surface area contributed by atoms with Crippen LogP contribution in [0.25, 0.3) is 0 Å². The molecule has 2 rings (SSSR count). The van der Waals surface area contributed by atoms with Gasteiger partial charge in [-0.15, -0.1) is 0 Å². The van der Waals surface area contributed by atoms with E-state index in [9.17, 15) is 14.7 Å². The molecule has 1 aromatic rings. The SMILES string of the molecule is Cc1cn([C@H]2C[C@H](O)[C@@H](CO)O2)c(=O)[nH]c1=O.O=[PH](O)O. The highest BCUT2D eigenvalue weighted by atomic mass is 31.1. The van der Waals surface area contributed by atoms with Gasteiger partial charge in [-0.2, -0.15) is 0 Å². The Balaban J connectivity index is 0.000000491. The maximum absolute atomic E-state index is 11.6. The molecule has 1 aliphatic rings. The van der Waals surface area contributed by atoms with Crippen LogP contribution in [0.1, 0.15) is 18.2 Å². The third-order valence-electron chi connectivity index (χ3n) is 2.84. The average molecular weight is 324 g/mol. The molecule has 1 saturated heterocycles. The first kappa shape index (κ1) is 17.8. The molecule has 11 heteroatoms. The summed E-state index contributed by atoms with van der Waals surface area (Å²) in [4.78, 5) is 39.2. The van der Waals surface area contributed by atoms with Crippen molar-refractivity contribution in [2.45, 2.75) is 31.8 Å². The number of aromatic nitrogens is 2. The zero-order valence-corrected chi connectivity index (χ0v) is 12.1. The Morgan fingerprint density at radius 1 is 1.48 bits per heavy atom. The van der Waals surface area contributed by atoms with E-state index in [0.29, 0.717) is 5.56 Å². The largest absolute Gasteiger partial charge is 0.394 e. The minimum Gasteiger partial charge on any atom is -0.394 e. The molecule has 0 aliphatic carbocycles. The van der Waals surface area contributed by atoms with Gasteiger partial charge in [-0.3, -0.25) is 18.9 Å². The quantitative estimate of drug-likeness (QED) is 0.384. The summed E-state index contributed by atoms with van der Waals surface area (Å²) >= 11 is 0. The molecule has 10 nitrogen and oxygen atoms in total. The van der Waals surface area contributed by atoms with Crippen LogP contribution in [-0.4, -0.2) is 48.4 Å². The fourth-order valence-electron chi connectivity index (χ4n) is 1.85. The van der Waals surface area contributed by atoms with Crippen molar-refractivity contribution in [2.75, 3.05) is 6.61 Å². The van der Waals surface area contributed by atoms with Gasteiger partial charge < -0.3 is 24.7 Å². The predicted molar refractivity (Wildman–Crippen MR) is 71.1 cm³/mol. The first-order chi connectivity index (χ1) is 9.76. The summed E-state index contributed by atoms with van der Waals surface area (Å²) in [5.74, 6) is 0. The maximum Gasteiger partial charge on any atom is 0.330 e. The van der Waals surface area contributed by atoms with Crippen LogP contribution < -0.4 is 11.2 Å². The fraction of sp³-hybridized carbons (Fsp3) is 0.600. The van der Waals surface area contributed by atoms with E-state index in [4.69, 9.17) is 24.2 Å². The number of aromatic amines is 1. The van der Waals surface area contributed by atoms with E-state index >= 15 is 0 Å². The lowest BCUT2D eigenvalue weighted by Gasteiger charge is -2.14. The molecule has 2 heterocycles. The second-order valence-corrected chi connectivity index (χ2v) is 4.94. The molecule has 5 N–H and O–H groups in total. The van der Waals surface area contributed by atoms with Gasteiger partial charge in [0, 0.05) is 18.2 Å². The molecule has 0 aromatic carbocycles. The summed E-state index contributed by atoms with van der Waals surface area (Å²) in [6, 6.07) is 0. The van der Waals surface area contributed by atoms with Gasteiger partial charge in [0.05, 0.1) is 12.7 Å². The van der Waals surface area contributed by atoms with Crippen molar-refractivity contribution in [1.82, 2.24) is 9.55 Å². The van der Waals surface area contributed by atoms with Crippen molar-refractivity contribution >= 4 is 8.25 Å². The molecular weight excluding hydrogens is 307 g/mol. The Morgan fingerprint density at radius 3 is 2.52 bits per heavy atom. The van der Waals surface area contributed by atoms with Gasteiger partial charge in [0.25, 0.3) is 5.56 Å². The molecule has 1 fully saturated rings. The molecule has 0 radical (unpaired) electrons. The number of hydrogen-bond acceptors (Lipinski definition) is 6. The van der Waals surface area contributed by atoms with Crippen molar-refractivity contribution in [3.8, 4) is 0 Å². The highest BCUT2D eigenvalue weighted by molar-refractivity contribution is 7.30. The Labute approximate surface area is 119 Å². The van der Waals surface area contributed by atoms with Gasteiger partial charge in [-0.05, 0) is 6.92 Å². The monoisotopic (exact) mass is 324 g/mol. The minimum atomic E-state index is -3.13. The highest BCUT2D eigenvalue weighted by Crippen LogP contribution is 2.27. The van der Waals surface area contributed by atoms with E-state index in [1.165, 1.54) is 10.8 Å². The highest BCUT2D eigenvalue weighted by Gasteiger charge is 2.34. The number of aliphatic hydroxyl groups excluding tert-OH is 2. The van der Waals surface area contributed by atoms with E-state index in [0.717, 1.165) is 0 Å². The predicted octanol–water partition coefficient (Wildman–Crippen LogP) is -2.15. The third-order valence-corrected chi connectivity index (χ3v) is 2.84. The Morgan fingerprint density at radius 2 is 2.05 bits per heavy atom. The summed E-state index contributed by atoms with van der Waals surface area (Å²) in [6.45, 7) is 1.26. The van der Waals surface area contributed by atoms with E-state index in [-0.39, 0.29) is 13.0 Å². The van der Waals surface area contributed by atoms with Gasteiger partial charge in [-0.25, -0.2) is 4.79 Å². The van der Waals surface area contributed by atoms with Gasteiger partial charge in [0.2, 0.25) is 0 Å². The number of aliphatic hydroxyl groups is 2. The summed E-state index contributed by atoms with van der Waals surface area (Å²) in [7, 11) is -3.13. The summed E-state index contributed by atoms with van der Waals surface area (Å²) in [5, 5.41) is 18.5. The number of H-pyrrole nitrogens is 1. The van der Waals surface area contributed by atoms with Crippen LogP contribution >= 0.6 is 8.25 Å². The Bertz CT molecular complexity index is 608. The van der Waals surface area contributed by atoms with E-state index in [1.54, 1.807) is 6.92 Å². The fourth-order valence-corrected chi connectivity index (χ4v) is 1.85. The molecule has 3 atom stereocenters. The van der Waals surface area contributed by atoms with Gasteiger partial charge in [0.15, 0.2) is 0 Å². The lowest BCUT2D eigenvalue weighted by Crippen LogP contribution is -2.33. The number of aryl methyl sites for hydroxylation is 1. The smallest absolute Gasteiger partial charge is 0.330 e. The second kappa shape index (κ2) is 7.64. The molecule has 0 bridgehead atoms. The standard InChI is InChI=1S/C10H14N2O5.H3O3P/c1-5-3-12(10(16)11-9(5)15)8-2-6(14)7(4-13)17-8;1-4(2)3/h3,6-8,13-14H,2,4H2,1H3,(H,11,15,16);4H,(H2,1,2,3)/t6-,7+,8+;/m0./s1. The molecular formula is C10H17N2O8P. The first-order valence-electron chi connectivity index (χ1n) is 5.94. The molecule has 1 aromatic heterocycles. The number of nitrogens with one attached hydrogen (secondary N) is 1. The summed E-state index contributed by atoms with van der Waals surface area (Å²) < 4.78 is 15.3. The third kappa shape index (κ3) is 4.88. The normalized spacial score (nSPS) is 24.8. The minimum absolute atomic E-state index is 0.205. The Hall–Kier alpha value is -1.29. The molecule has 21 heavy (non-hydrogen) atoms. The van der Waals surface area contributed by atoms with Crippen LogP contribution in [0.4, 0.5) is 0 Å². The van der Waals surface area contributed by atoms with Crippen LogP contribution in [0.5, 0.6) is 0 Å². The van der Waals surface area contributed by atoms with Crippen molar-refractivity contribution in [3.63, 3.8) is 0 Å². The second-order valence-electron chi connectivity index (χ2n) is 4.38. The molecule has 1 aliphatic heterocycles. The lowest BCUT2D eigenvalue weighted by molar-refractivity contribution is -0.0459. The molecule has 0 unspecified atom stereocenters.